The zero-order valence-corrected chi connectivity index (χ0v) is 21.3. The minimum atomic E-state index is -4.26. The van der Waals surface area contributed by atoms with Crippen molar-refractivity contribution in [2.24, 2.45) is 28.6 Å². The van der Waals surface area contributed by atoms with E-state index in [0.717, 1.165) is 50.9 Å². The lowest BCUT2D eigenvalue weighted by Crippen LogP contribution is -2.50. The smallest absolute Gasteiger partial charge is 0.393 e. The van der Waals surface area contributed by atoms with Gasteiger partial charge in [-0.05, 0) is 68.1 Å². The van der Waals surface area contributed by atoms with Crippen LogP contribution in [0, 0.1) is 28.6 Å². The fourth-order valence-corrected chi connectivity index (χ4v) is 7.17. The zero-order valence-electron chi connectivity index (χ0n) is 20.4. The summed E-state index contributed by atoms with van der Waals surface area (Å²) in [5, 5.41) is 10.00. The molecule has 0 saturated heterocycles. The van der Waals surface area contributed by atoms with E-state index >= 15 is 0 Å². The summed E-state index contributed by atoms with van der Waals surface area (Å²) in [6.07, 6.45) is 10.7. The monoisotopic (exact) mass is 472 g/mol. The first-order valence-corrected chi connectivity index (χ1v) is 13.6. The Morgan fingerprint density at radius 2 is 1.72 bits per heavy atom. The van der Waals surface area contributed by atoms with Crippen molar-refractivity contribution in [2.75, 3.05) is 34.3 Å². The molecular weight excluding hydrogens is 429 g/mol. The molecule has 4 aliphatic carbocycles. The first-order valence-electron chi connectivity index (χ1n) is 12.1. The van der Waals surface area contributed by atoms with Crippen LogP contribution >= 0.6 is 7.82 Å². The van der Waals surface area contributed by atoms with Gasteiger partial charge in [0.1, 0.15) is 18.9 Å². The van der Waals surface area contributed by atoms with Crippen LogP contribution in [0.25, 0.3) is 0 Å². The lowest BCUT2D eigenvalue weighted by Gasteiger charge is -2.56. The van der Waals surface area contributed by atoms with Crippen molar-refractivity contribution in [3.8, 4) is 0 Å². The molecular formula is C24H43NO6P+. The standard InChI is InChI=1S/C19H28O2.C5H14NO4P/c1-18-9-7-13(20)11-12(18)3-4-14-15-5-6-17(21)19(15,2)10-8-16(14)18;1-6(2,3)4-5-10-11(7,8)9/h3,13-16,20H,4-11H2,1-2H3;4-5H2,1-3H3,(H-,7,8,9)/p+1/t13-,14-,15-,16-,18-,19-;/m0./s1. The van der Waals surface area contributed by atoms with E-state index in [4.69, 9.17) is 9.79 Å². The van der Waals surface area contributed by atoms with Crippen LogP contribution in [-0.4, -0.2) is 65.6 Å². The molecule has 0 spiro atoms. The maximum atomic E-state index is 12.4. The van der Waals surface area contributed by atoms with Crippen LogP contribution in [0.2, 0.25) is 0 Å². The number of quaternary nitrogens is 1. The van der Waals surface area contributed by atoms with E-state index in [1.807, 2.05) is 21.1 Å². The highest BCUT2D eigenvalue weighted by atomic mass is 31.2. The van der Waals surface area contributed by atoms with Gasteiger partial charge in [0.15, 0.2) is 0 Å². The Morgan fingerprint density at radius 1 is 1.09 bits per heavy atom. The molecule has 0 amide bonds. The van der Waals surface area contributed by atoms with Crippen LogP contribution in [-0.2, 0) is 13.9 Å². The van der Waals surface area contributed by atoms with Gasteiger partial charge in [-0.1, -0.05) is 25.5 Å². The van der Waals surface area contributed by atoms with Gasteiger partial charge in [0, 0.05) is 11.8 Å². The number of aliphatic hydroxyl groups excluding tert-OH is 1. The van der Waals surface area contributed by atoms with Crippen molar-refractivity contribution >= 4 is 13.6 Å². The Morgan fingerprint density at radius 3 is 2.34 bits per heavy atom. The number of carbonyl (C=O) groups excluding carboxylic acids is 1. The number of carbonyl (C=O) groups is 1. The number of likely N-dealkylation sites (N-methyl/N-ethyl adjacent to an activating group) is 1. The molecule has 3 fully saturated rings. The molecule has 4 rings (SSSR count). The number of rotatable bonds is 4. The largest absolute Gasteiger partial charge is 0.469 e. The van der Waals surface area contributed by atoms with E-state index in [1.165, 1.54) is 12.0 Å². The Bertz CT molecular complexity index is 786. The number of phosphoric ester groups is 1. The third kappa shape index (κ3) is 5.56. The molecule has 0 aliphatic heterocycles. The number of nitrogens with zero attached hydrogens (tertiary/aromatic N) is 1. The molecule has 7 nitrogen and oxygen atoms in total. The van der Waals surface area contributed by atoms with Gasteiger partial charge in [0.05, 0.1) is 27.2 Å². The number of ketones is 1. The highest BCUT2D eigenvalue weighted by Crippen LogP contribution is 2.63. The van der Waals surface area contributed by atoms with E-state index in [-0.39, 0.29) is 18.1 Å². The Kier molecular flexibility index (Phi) is 7.52. The van der Waals surface area contributed by atoms with Crippen LogP contribution in [0.5, 0.6) is 0 Å². The maximum absolute atomic E-state index is 12.4. The minimum Gasteiger partial charge on any atom is -0.393 e. The van der Waals surface area contributed by atoms with Crippen molar-refractivity contribution in [1.29, 1.82) is 0 Å². The molecule has 3 N–H and O–H groups in total. The topological polar surface area (TPSA) is 104 Å². The van der Waals surface area contributed by atoms with E-state index in [2.05, 4.69) is 24.4 Å². The number of fused-ring (bicyclic) bond motifs is 5. The number of Topliss-reactive ketones (excluding diaryl/α,β-unsaturated/α-hetero) is 1. The fourth-order valence-electron chi connectivity index (χ4n) is 6.85. The lowest BCUT2D eigenvalue weighted by atomic mass is 9.48. The molecule has 0 radical (unpaired) electrons. The second kappa shape index (κ2) is 9.24. The predicted octanol–water partition coefficient (Wildman–Crippen LogP) is 3.68. The highest BCUT2D eigenvalue weighted by molar-refractivity contribution is 7.46. The van der Waals surface area contributed by atoms with Gasteiger partial charge in [-0.25, -0.2) is 4.57 Å². The van der Waals surface area contributed by atoms with E-state index in [9.17, 15) is 14.5 Å². The minimum absolute atomic E-state index is 0.0168. The van der Waals surface area contributed by atoms with E-state index in [0.29, 0.717) is 34.1 Å². The summed E-state index contributed by atoms with van der Waals surface area (Å²) >= 11 is 0. The van der Waals surface area contributed by atoms with Crippen LogP contribution < -0.4 is 0 Å². The van der Waals surface area contributed by atoms with Crippen molar-refractivity contribution in [3.05, 3.63) is 11.6 Å². The molecule has 32 heavy (non-hydrogen) atoms. The second-order valence-electron chi connectivity index (χ2n) is 11.9. The fraction of sp³-hybridized carbons (Fsp3) is 0.875. The number of aliphatic hydroxyl groups is 1. The number of hydrogen-bond acceptors (Lipinski definition) is 4. The average molecular weight is 473 g/mol. The third-order valence-electron chi connectivity index (χ3n) is 8.81. The van der Waals surface area contributed by atoms with Gasteiger partial charge < -0.3 is 19.4 Å². The average Bonchev–Trinajstić information content (AvgIpc) is 2.96. The lowest BCUT2D eigenvalue weighted by molar-refractivity contribution is -0.870. The molecule has 0 heterocycles. The summed E-state index contributed by atoms with van der Waals surface area (Å²) in [6.45, 7) is 5.34. The molecule has 4 aliphatic rings. The number of phosphoric acid groups is 1. The van der Waals surface area contributed by atoms with Crippen molar-refractivity contribution < 1.29 is 33.3 Å². The van der Waals surface area contributed by atoms with Gasteiger partial charge in [-0.15, -0.1) is 0 Å². The van der Waals surface area contributed by atoms with Gasteiger partial charge in [0.25, 0.3) is 0 Å². The summed E-state index contributed by atoms with van der Waals surface area (Å²) in [5.41, 5.74) is 1.81. The Hall–Kier alpha value is -0.560. The predicted molar refractivity (Wildman–Crippen MR) is 124 cm³/mol. The molecule has 0 aromatic rings. The van der Waals surface area contributed by atoms with Gasteiger partial charge >= 0.3 is 7.82 Å². The molecule has 0 aromatic carbocycles. The summed E-state index contributed by atoms with van der Waals surface area (Å²) in [4.78, 5) is 29.0. The quantitative estimate of drug-likeness (QED) is 0.328. The molecule has 0 unspecified atom stereocenters. The van der Waals surface area contributed by atoms with E-state index < -0.39 is 7.82 Å². The van der Waals surface area contributed by atoms with Crippen LogP contribution in [0.4, 0.5) is 0 Å². The van der Waals surface area contributed by atoms with Crippen LogP contribution in [0.3, 0.4) is 0 Å². The molecule has 8 heteroatoms. The highest BCUT2D eigenvalue weighted by Gasteiger charge is 2.58. The van der Waals surface area contributed by atoms with Crippen molar-refractivity contribution in [3.63, 3.8) is 0 Å². The maximum Gasteiger partial charge on any atom is 0.469 e. The van der Waals surface area contributed by atoms with Gasteiger partial charge in [-0.2, -0.15) is 0 Å². The van der Waals surface area contributed by atoms with E-state index in [1.54, 1.807) is 0 Å². The molecule has 0 aromatic heterocycles. The Balaban J connectivity index is 0.000000226. The van der Waals surface area contributed by atoms with Gasteiger partial charge in [-0.3, -0.25) is 9.32 Å². The number of allylic oxidation sites excluding steroid dienone is 1. The molecule has 3 saturated carbocycles. The third-order valence-corrected chi connectivity index (χ3v) is 9.33. The summed E-state index contributed by atoms with van der Waals surface area (Å²) in [6, 6.07) is 0. The van der Waals surface area contributed by atoms with Crippen molar-refractivity contribution in [1.82, 2.24) is 0 Å². The summed E-state index contributed by atoms with van der Waals surface area (Å²) in [5.74, 6) is 2.60. The zero-order chi connectivity index (χ0) is 23.9. The first kappa shape index (κ1) is 26.1. The Labute approximate surface area is 193 Å². The van der Waals surface area contributed by atoms with Gasteiger partial charge in [0.2, 0.25) is 0 Å². The van der Waals surface area contributed by atoms with Crippen molar-refractivity contribution in [2.45, 2.75) is 71.3 Å². The summed E-state index contributed by atoms with van der Waals surface area (Å²) in [7, 11) is 1.50. The van der Waals surface area contributed by atoms with Crippen LogP contribution in [0.1, 0.15) is 65.2 Å². The molecule has 0 bridgehead atoms. The SMILES string of the molecule is C[C@]12CC[C@H](O)CC1=CC[C@@H]1[C@@H]2CC[C@]2(C)C(=O)CC[C@@H]12.C[N+](C)(C)CCOP(=O)(O)O. The summed E-state index contributed by atoms with van der Waals surface area (Å²) < 4.78 is 15.1. The molecule has 6 atom stereocenters. The normalized spacial score (nSPS) is 39.2. The van der Waals surface area contributed by atoms with Crippen LogP contribution in [0.15, 0.2) is 11.6 Å². The second-order valence-corrected chi connectivity index (χ2v) is 13.2. The first-order chi connectivity index (χ1) is 14.7. The molecule has 184 valence electrons. The number of hydrogen-bond donors (Lipinski definition) is 3.